The van der Waals surface area contributed by atoms with Gasteiger partial charge in [0.1, 0.15) is 11.3 Å². The monoisotopic (exact) mass is 417 g/mol. The molecule has 5 nitrogen and oxygen atoms in total. The van der Waals surface area contributed by atoms with Gasteiger partial charge in [-0.2, -0.15) is 11.8 Å². The fourth-order valence-corrected chi connectivity index (χ4v) is 3.69. The Kier molecular flexibility index (Phi) is 7.01. The van der Waals surface area contributed by atoms with E-state index in [1.165, 1.54) is 17.7 Å². The highest BCUT2D eigenvalue weighted by molar-refractivity contribution is 7.98. The van der Waals surface area contributed by atoms with E-state index < -0.39 is 5.63 Å². The van der Waals surface area contributed by atoms with E-state index in [0.717, 1.165) is 22.5 Å². The third-order valence-electron chi connectivity index (χ3n) is 4.04. The molecule has 28 heavy (non-hydrogen) atoms. The molecule has 1 N–H and O–H groups in total. The molecule has 0 saturated heterocycles. The Hall–Kier alpha value is -2.44. The lowest BCUT2D eigenvalue weighted by molar-refractivity contribution is -0.122. The number of carbonyl (C=O) groups excluding carboxylic acids is 1. The quantitative estimate of drug-likeness (QED) is 0.439. The van der Waals surface area contributed by atoms with E-state index in [2.05, 4.69) is 17.4 Å². The maximum atomic E-state index is 12.0. The van der Waals surface area contributed by atoms with Crippen LogP contribution in [-0.2, 0) is 10.5 Å². The van der Waals surface area contributed by atoms with Gasteiger partial charge in [-0.1, -0.05) is 41.9 Å². The lowest BCUT2D eigenvalue weighted by Gasteiger charge is -2.10. The molecule has 7 heteroatoms. The molecule has 3 rings (SSSR count). The van der Waals surface area contributed by atoms with E-state index in [0.29, 0.717) is 22.9 Å². The van der Waals surface area contributed by atoms with Crippen LogP contribution in [0.1, 0.15) is 11.1 Å². The Morgan fingerprint density at radius 1 is 1.21 bits per heavy atom. The van der Waals surface area contributed by atoms with Crippen molar-refractivity contribution in [3.63, 3.8) is 0 Å². The highest BCUT2D eigenvalue weighted by atomic mass is 35.5. The largest absolute Gasteiger partial charge is 0.482 e. The Morgan fingerprint density at radius 3 is 2.79 bits per heavy atom. The predicted molar refractivity (Wildman–Crippen MR) is 113 cm³/mol. The molecule has 1 aromatic heterocycles. The Balaban J connectivity index is 1.46. The van der Waals surface area contributed by atoms with E-state index in [1.807, 2.05) is 18.2 Å². The molecular formula is C21H20ClNO4S. The molecule has 0 radical (unpaired) electrons. The molecule has 0 unspecified atom stereocenters. The maximum Gasteiger partial charge on any atom is 0.336 e. The lowest BCUT2D eigenvalue weighted by Crippen LogP contribution is -2.30. The van der Waals surface area contributed by atoms with Crippen molar-refractivity contribution in [1.82, 2.24) is 5.32 Å². The minimum absolute atomic E-state index is 0.162. The summed E-state index contributed by atoms with van der Waals surface area (Å²) in [6.07, 6.45) is 0. The number of amides is 1. The van der Waals surface area contributed by atoms with Gasteiger partial charge in [-0.25, -0.2) is 4.79 Å². The van der Waals surface area contributed by atoms with Crippen LogP contribution >= 0.6 is 23.4 Å². The molecule has 2 aromatic carbocycles. The van der Waals surface area contributed by atoms with Crippen molar-refractivity contribution in [1.29, 1.82) is 0 Å². The van der Waals surface area contributed by atoms with Gasteiger partial charge in [0.25, 0.3) is 5.91 Å². The van der Waals surface area contributed by atoms with Crippen LogP contribution < -0.4 is 15.7 Å². The van der Waals surface area contributed by atoms with Gasteiger partial charge in [-0.15, -0.1) is 0 Å². The first kappa shape index (κ1) is 20.3. The smallest absolute Gasteiger partial charge is 0.336 e. The molecule has 3 aromatic rings. The Labute approximate surface area is 172 Å². The molecule has 1 heterocycles. The summed E-state index contributed by atoms with van der Waals surface area (Å²) < 4.78 is 10.7. The number of ether oxygens (including phenoxy) is 1. The summed E-state index contributed by atoms with van der Waals surface area (Å²) in [4.78, 5) is 23.5. The fraction of sp³-hybridized carbons (Fsp3) is 0.238. The van der Waals surface area contributed by atoms with Gasteiger partial charge in [0.2, 0.25) is 0 Å². The number of halogens is 1. The summed E-state index contributed by atoms with van der Waals surface area (Å²) in [5.41, 5.74) is 1.96. The van der Waals surface area contributed by atoms with Gasteiger partial charge in [0.05, 0.1) is 5.02 Å². The van der Waals surface area contributed by atoms with Crippen molar-refractivity contribution < 1.29 is 13.9 Å². The minimum atomic E-state index is -0.441. The second-order valence-corrected chi connectivity index (χ2v) is 7.72. The second-order valence-electron chi connectivity index (χ2n) is 6.20. The Morgan fingerprint density at radius 2 is 2.00 bits per heavy atom. The average molecular weight is 418 g/mol. The van der Waals surface area contributed by atoms with Gasteiger partial charge >= 0.3 is 5.63 Å². The first-order valence-electron chi connectivity index (χ1n) is 8.78. The standard InChI is InChI=1S/C21H20ClNO4S/c1-14-9-21(25)27-18-11-19(17(22)10-16(14)18)26-12-20(24)23-7-8-28-13-15-5-3-2-4-6-15/h2-6,9-11H,7-8,12-13H2,1H3,(H,23,24). The average Bonchev–Trinajstić information content (AvgIpc) is 2.67. The summed E-state index contributed by atoms with van der Waals surface area (Å²) in [7, 11) is 0. The summed E-state index contributed by atoms with van der Waals surface area (Å²) >= 11 is 7.97. The van der Waals surface area contributed by atoms with E-state index >= 15 is 0 Å². The zero-order chi connectivity index (χ0) is 19.9. The lowest BCUT2D eigenvalue weighted by atomic mass is 10.1. The normalized spacial score (nSPS) is 10.8. The first-order valence-corrected chi connectivity index (χ1v) is 10.3. The van der Waals surface area contributed by atoms with Crippen molar-refractivity contribution in [2.24, 2.45) is 0 Å². The van der Waals surface area contributed by atoms with Crippen LogP contribution in [0.2, 0.25) is 5.02 Å². The van der Waals surface area contributed by atoms with Crippen LogP contribution in [0, 0.1) is 6.92 Å². The number of hydrogen-bond donors (Lipinski definition) is 1. The van der Waals surface area contributed by atoms with Crippen LogP contribution in [0.5, 0.6) is 5.75 Å². The molecule has 0 fully saturated rings. The van der Waals surface area contributed by atoms with E-state index in [-0.39, 0.29) is 12.5 Å². The van der Waals surface area contributed by atoms with Gasteiger partial charge in [0.15, 0.2) is 6.61 Å². The molecule has 0 bridgehead atoms. The number of carbonyl (C=O) groups is 1. The molecule has 0 atom stereocenters. The topological polar surface area (TPSA) is 68.5 Å². The molecule has 1 amide bonds. The van der Waals surface area contributed by atoms with E-state index in [4.69, 9.17) is 20.8 Å². The van der Waals surface area contributed by atoms with Crippen LogP contribution in [0.3, 0.4) is 0 Å². The van der Waals surface area contributed by atoms with E-state index in [9.17, 15) is 9.59 Å². The van der Waals surface area contributed by atoms with Crippen LogP contribution in [-0.4, -0.2) is 24.8 Å². The van der Waals surface area contributed by atoms with Crippen molar-refractivity contribution in [3.05, 3.63) is 75.1 Å². The van der Waals surface area contributed by atoms with Gasteiger partial charge in [-0.05, 0) is 24.1 Å². The minimum Gasteiger partial charge on any atom is -0.482 e. The third-order valence-corrected chi connectivity index (χ3v) is 5.37. The zero-order valence-corrected chi connectivity index (χ0v) is 16.9. The highest BCUT2D eigenvalue weighted by Gasteiger charge is 2.11. The third kappa shape index (κ3) is 5.53. The van der Waals surface area contributed by atoms with Gasteiger partial charge in [-0.3, -0.25) is 4.79 Å². The molecule has 0 aliphatic carbocycles. The van der Waals surface area contributed by atoms with Gasteiger partial charge < -0.3 is 14.5 Å². The van der Waals surface area contributed by atoms with Crippen LogP contribution in [0.15, 0.2) is 57.7 Å². The maximum absolute atomic E-state index is 12.0. The first-order chi connectivity index (χ1) is 13.5. The summed E-state index contributed by atoms with van der Waals surface area (Å²) in [6.45, 7) is 2.20. The van der Waals surface area contributed by atoms with Crippen molar-refractivity contribution >= 4 is 40.2 Å². The van der Waals surface area contributed by atoms with Crippen LogP contribution in [0.25, 0.3) is 11.0 Å². The number of thioether (sulfide) groups is 1. The molecule has 146 valence electrons. The van der Waals surface area contributed by atoms with E-state index in [1.54, 1.807) is 24.8 Å². The number of rotatable bonds is 8. The van der Waals surface area contributed by atoms with Crippen molar-refractivity contribution in [2.45, 2.75) is 12.7 Å². The molecule has 0 aliphatic rings. The predicted octanol–water partition coefficient (Wildman–Crippen LogP) is 4.18. The molecule has 0 spiro atoms. The molecule has 0 aliphatic heterocycles. The van der Waals surface area contributed by atoms with Crippen molar-refractivity contribution in [2.75, 3.05) is 18.9 Å². The number of aryl methyl sites for hydroxylation is 1. The van der Waals surface area contributed by atoms with Crippen molar-refractivity contribution in [3.8, 4) is 5.75 Å². The zero-order valence-electron chi connectivity index (χ0n) is 15.4. The number of hydrogen-bond acceptors (Lipinski definition) is 5. The molecule has 0 saturated carbocycles. The second kappa shape index (κ2) is 9.66. The SMILES string of the molecule is Cc1cc(=O)oc2cc(OCC(=O)NCCSCc3ccccc3)c(Cl)cc12. The summed E-state index contributed by atoms with van der Waals surface area (Å²) in [6, 6.07) is 14.8. The number of fused-ring (bicyclic) bond motifs is 1. The highest BCUT2D eigenvalue weighted by Crippen LogP contribution is 2.30. The fourth-order valence-electron chi connectivity index (χ4n) is 2.65. The number of nitrogens with one attached hydrogen (secondary N) is 1. The summed E-state index contributed by atoms with van der Waals surface area (Å²) in [5, 5.41) is 3.90. The Bertz CT molecular complexity index is 1020. The number of benzene rings is 2. The van der Waals surface area contributed by atoms with Crippen LogP contribution in [0.4, 0.5) is 0 Å². The molecular weight excluding hydrogens is 398 g/mol. The summed E-state index contributed by atoms with van der Waals surface area (Å²) in [5.74, 6) is 1.78. The van der Waals surface area contributed by atoms with Gasteiger partial charge in [0, 0.05) is 35.6 Å².